The van der Waals surface area contributed by atoms with Crippen molar-refractivity contribution in [3.63, 3.8) is 0 Å². The van der Waals surface area contributed by atoms with Crippen LogP contribution in [0.1, 0.15) is 26.7 Å². The number of hydrogen-bond donors (Lipinski definition) is 0. The Kier molecular flexibility index (Phi) is 2.66. The van der Waals surface area contributed by atoms with E-state index in [0.717, 1.165) is 19.4 Å². The van der Waals surface area contributed by atoms with Gasteiger partial charge < -0.3 is 0 Å². The fourth-order valence-electron chi connectivity index (χ4n) is 1.42. The molecule has 1 rings (SSSR count). The van der Waals surface area contributed by atoms with Crippen LogP contribution >= 0.6 is 0 Å². The molecule has 0 N–H and O–H groups in total. The lowest BCUT2D eigenvalue weighted by Gasteiger charge is -2.31. The SMILES string of the molecule is CC(C)N1CCC[C@@H](F)C1. The molecule has 0 aliphatic carbocycles. The molecule has 2 heteroatoms. The molecule has 1 atom stereocenters. The van der Waals surface area contributed by atoms with Crippen LogP contribution in [0.15, 0.2) is 0 Å². The second kappa shape index (κ2) is 3.33. The second-order valence-electron chi connectivity index (χ2n) is 3.33. The molecule has 0 aromatic rings. The van der Waals surface area contributed by atoms with Gasteiger partial charge in [0.15, 0.2) is 0 Å². The summed E-state index contributed by atoms with van der Waals surface area (Å²) >= 11 is 0. The van der Waals surface area contributed by atoms with E-state index in [1.807, 2.05) is 0 Å². The maximum absolute atomic E-state index is 12.8. The van der Waals surface area contributed by atoms with Crippen molar-refractivity contribution in [2.45, 2.75) is 38.9 Å². The lowest BCUT2D eigenvalue weighted by molar-refractivity contribution is 0.112. The number of piperidine rings is 1. The normalized spacial score (nSPS) is 29.4. The van der Waals surface area contributed by atoms with E-state index in [2.05, 4.69) is 18.7 Å². The maximum Gasteiger partial charge on any atom is 0.113 e. The van der Waals surface area contributed by atoms with Crippen molar-refractivity contribution in [3.05, 3.63) is 0 Å². The molecule has 0 amide bonds. The summed E-state index contributed by atoms with van der Waals surface area (Å²) in [5.41, 5.74) is 0. The largest absolute Gasteiger partial charge is 0.298 e. The molecule has 0 unspecified atom stereocenters. The van der Waals surface area contributed by atoms with Crippen LogP contribution < -0.4 is 0 Å². The molecule has 0 bridgehead atoms. The minimum absolute atomic E-state index is 0.513. The Labute approximate surface area is 62.2 Å². The third-order valence-electron chi connectivity index (χ3n) is 2.13. The fraction of sp³-hybridized carbons (Fsp3) is 1.00. The number of alkyl halides is 1. The molecule has 1 heterocycles. The molecule has 60 valence electrons. The van der Waals surface area contributed by atoms with Crippen molar-refractivity contribution in [1.29, 1.82) is 0 Å². The van der Waals surface area contributed by atoms with E-state index < -0.39 is 6.17 Å². The highest BCUT2D eigenvalue weighted by Crippen LogP contribution is 2.14. The van der Waals surface area contributed by atoms with Gasteiger partial charge in [-0.3, -0.25) is 4.90 Å². The van der Waals surface area contributed by atoms with E-state index in [1.54, 1.807) is 0 Å². The van der Waals surface area contributed by atoms with Gasteiger partial charge in [0.1, 0.15) is 6.17 Å². The summed E-state index contributed by atoms with van der Waals surface area (Å²) in [4.78, 5) is 2.20. The molecular formula is C8H16FN. The van der Waals surface area contributed by atoms with Gasteiger partial charge in [-0.1, -0.05) is 0 Å². The van der Waals surface area contributed by atoms with E-state index in [9.17, 15) is 4.39 Å². The predicted molar refractivity (Wildman–Crippen MR) is 40.8 cm³/mol. The van der Waals surface area contributed by atoms with Crippen LogP contribution in [-0.2, 0) is 0 Å². The minimum Gasteiger partial charge on any atom is -0.298 e. The van der Waals surface area contributed by atoms with Gasteiger partial charge in [-0.2, -0.15) is 0 Å². The topological polar surface area (TPSA) is 3.24 Å². The van der Waals surface area contributed by atoms with E-state index in [-0.39, 0.29) is 0 Å². The first-order valence-corrected chi connectivity index (χ1v) is 4.08. The molecule has 0 aromatic carbocycles. The second-order valence-corrected chi connectivity index (χ2v) is 3.33. The molecular weight excluding hydrogens is 129 g/mol. The smallest absolute Gasteiger partial charge is 0.113 e. The number of rotatable bonds is 1. The summed E-state index contributed by atoms with van der Waals surface area (Å²) in [7, 11) is 0. The summed E-state index contributed by atoms with van der Waals surface area (Å²) in [6, 6.07) is 0.513. The molecule has 1 nitrogen and oxygen atoms in total. The Bertz CT molecular complexity index is 103. The van der Waals surface area contributed by atoms with Gasteiger partial charge in [-0.15, -0.1) is 0 Å². The van der Waals surface area contributed by atoms with Gasteiger partial charge >= 0.3 is 0 Å². The summed E-state index contributed by atoms with van der Waals surface area (Å²) in [6.45, 7) is 5.98. The van der Waals surface area contributed by atoms with Crippen LogP contribution in [0.5, 0.6) is 0 Å². The van der Waals surface area contributed by atoms with Gasteiger partial charge in [0.2, 0.25) is 0 Å². The highest BCUT2D eigenvalue weighted by Gasteiger charge is 2.20. The Balaban J connectivity index is 2.32. The zero-order valence-electron chi connectivity index (χ0n) is 6.81. The first-order valence-electron chi connectivity index (χ1n) is 4.08. The number of likely N-dealkylation sites (tertiary alicyclic amines) is 1. The molecule has 0 saturated carbocycles. The van der Waals surface area contributed by atoms with Crippen LogP contribution in [0.2, 0.25) is 0 Å². The van der Waals surface area contributed by atoms with Crippen LogP contribution in [0.4, 0.5) is 4.39 Å². The van der Waals surface area contributed by atoms with Crippen molar-refractivity contribution < 1.29 is 4.39 Å². The van der Waals surface area contributed by atoms with Gasteiger partial charge in [0, 0.05) is 12.6 Å². The summed E-state index contributed by atoms with van der Waals surface area (Å²) in [5.74, 6) is 0. The van der Waals surface area contributed by atoms with Gasteiger partial charge in [0.05, 0.1) is 0 Å². The van der Waals surface area contributed by atoms with E-state index >= 15 is 0 Å². The third-order valence-corrected chi connectivity index (χ3v) is 2.13. The zero-order chi connectivity index (χ0) is 7.56. The molecule has 10 heavy (non-hydrogen) atoms. The number of nitrogens with zero attached hydrogens (tertiary/aromatic N) is 1. The summed E-state index contributed by atoms with van der Waals surface area (Å²) in [5, 5.41) is 0. The van der Waals surface area contributed by atoms with E-state index in [4.69, 9.17) is 0 Å². The Morgan fingerprint density at radius 3 is 2.60 bits per heavy atom. The van der Waals surface area contributed by atoms with Crippen LogP contribution in [0.25, 0.3) is 0 Å². The lowest BCUT2D eigenvalue weighted by Crippen LogP contribution is -2.40. The van der Waals surface area contributed by atoms with E-state index in [0.29, 0.717) is 12.6 Å². The van der Waals surface area contributed by atoms with Crippen molar-refractivity contribution in [2.75, 3.05) is 13.1 Å². The zero-order valence-corrected chi connectivity index (χ0v) is 6.81. The van der Waals surface area contributed by atoms with Crippen molar-refractivity contribution >= 4 is 0 Å². The lowest BCUT2D eigenvalue weighted by atomic mass is 10.1. The average molecular weight is 145 g/mol. The number of hydrogen-bond acceptors (Lipinski definition) is 1. The molecule has 1 fully saturated rings. The van der Waals surface area contributed by atoms with E-state index in [1.165, 1.54) is 0 Å². The van der Waals surface area contributed by atoms with Gasteiger partial charge in [-0.25, -0.2) is 4.39 Å². The highest BCUT2D eigenvalue weighted by molar-refractivity contribution is 4.74. The summed E-state index contributed by atoms with van der Waals surface area (Å²) < 4.78 is 12.8. The highest BCUT2D eigenvalue weighted by atomic mass is 19.1. The summed E-state index contributed by atoms with van der Waals surface area (Å²) in [6.07, 6.45) is 1.22. The van der Waals surface area contributed by atoms with Gasteiger partial charge in [0.25, 0.3) is 0 Å². The maximum atomic E-state index is 12.8. The molecule has 0 radical (unpaired) electrons. The quantitative estimate of drug-likeness (QED) is 0.544. The van der Waals surface area contributed by atoms with Crippen molar-refractivity contribution in [3.8, 4) is 0 Å². The van der Waals surface area contributed by atoms with Crippen molar-refractivity contribution in [1.82, 2.24) is 4.90 Å². The van der Waals surface area contributed by atoms with Crippen LogP contribution in [0, 0.1) is 0 Å². The standard InChI is InChI=1S/C8H16FN/c1-7(2)10-5-3-4-8(9)6-10/h7-8H,3-6H2,1-2H3/t8-/m1/s1. The molecule has 1 saturated heterocycles. The molecule has 1 aliphatic heterocycles. The van der Waals surface area contributed by atoms with Crippen LogP contribution in [0.3, 0.4) is 0 Å². The Morgan fingerprint density at radius 2 is 2.20 bits per heavy atom. The molecule has 0 aromatic heterocycles. The monoisotopic (exact) mass is 145 g/mol. The molecule has 1 aliphatic rings. The van der Waals surface area contributed by atoms with Crippen molar-refractivity contribution in [2.24, 2.45) is 0 Å². The first kappa shape index (κ1) is 7.99. The number of halogens is 1. The Hall–Kier alpha value is -0.110. The average Bonchev–Trinajstić information content (AvgIpc) is 1.88. The minimum atomic E-state index is -0.573. The third kappa shape index (κ3) is 1.94. The fourth-order valence-corrected chi connectivity index (χ4v) is 1.42. The van der Waals surface area contributed by atoms with Gasteiger partial charge in [-0.05, 0) is 33.2 Å². The Morgan fingerprint density at radius 1 is 1.50 bits per heavy atom. The predicted octanol–water partition coefficient (Wildman–Crippen LogP) is 1.83. The first-order chi connectivity index (χ1) is 4.70. The van der Waals surface area contributed by atoms with Crippen LogP contribution in [-0.4, -0.2) is 30.2 Å². The molecule has 0 spiro atoms.